The summed E-state index contributed by atoms with van der Waals surface area (Å²) in [5.41, 5.74) is 12.0. The van der Waals surface area contributed by atoms with Gasteiger partial charge in [0.1, 0.15) is 23.3 Å². The molecule has 0 aliphatic heterocycles. The highest BCUT2D eigenvalue weighted by molar-refractivity contribution is 7.09. The number of aromatic amines is 1. The van der Waals surface area contributed by atoms with Crippen LogP contribution in [-0.4, -0.2) is 46.2 Å². The maximum atomic E-state index is 14.0. The van der Waals surface area contributed by atoms with Crippen LogP contribution in [0.5, 0.6) is 0 Å². The van der Waals surface area contributed by atoms with Crippen molar-refractivity contribution in [2.24, 2.45) is 5.73 Å². The maximum absolute atomic E-state index is 14.0. The average molecular weight is 539 g/mol. The fourth-order valence-corrected chi connectivity index (χ4v) is 4.65. The van der Waals surface area contributed by atoms with Crippen LogP contribution in [0.4, 0.5) is 15.8 Å². The fraction of sp³-hybridized carbons (Fsp3) is 0.160. The molecule has 0 bridgehead atoms. The molecule has 38 heavy (non-hydrogen) atoms. The van der Waals surface area contributed by atoms with E-state index in [9.17, 15) is 23.6 Å². The molecule has 0 fully saturated rings. The van der Waals surface area contributed by atoms with Gasteiger partial charge in [-0.3, -0.25) is 24.1 Å². The molecule has 1 unspecified atom stereocenters. The number of carbonyl (C=O) groups is 4. The molecule has 13 heteroatoms. The van der Waals surface area contributed by atoms with Crippen LogP contribution in [0, 0.1) is 5.82 Å². The van der Waals surface area contributed by atoms with E-state index in [0.717, 1.165) is 17.0 Å². The number of fused-ring (bicyclic) bond motifs is 1. The van der Waals surface area contributed by atoms with E-state index in [1.165, 1.54) is 12.1 Å². The van der Waals surface area contributed by atoms with Gasteiger partial charge in [-0.25, -0.2) is 4.39 Å². The van der Waals surface area contributed by atoms with Crippen LogP contribution in [0.2, 0.25) is 0 Å². The number of halogens is 1. The van der Waals surface area contributed by atoms with Crippen molar-refractivity contribution in [2.75, 3.05) is 23.8 Å². The Morgan fingerprint density at radius 1 is 1.16 bits per heavy atom. The lowest BCUT2D eigenvalue weighted by Gasteiger charge is -2.31. The average Bonchev–Trinajstić information content (AvgIpc) is 3.50. The number of rotatable bonds is 9. The Balaban J connectivity index is 1.88. The van der Waals surface area contributed by atoms with Crippen LogP contribution in [0.15, 0.2) is 54.7 Å². The molecule has 0 radical (unpaired) electrons. The third-order valence-electron chi connectivity index (χ3n) is 5.61. The first-order valence-corrected chi connectivity index (χ1v) is 12.1. The zero-order valence-corrected chi connectivity index (χ0v) is 20.9. The molecule has 3 amide bonds. The number of aromatic nitrogens is 2. The van der Waals surface area contributed by atoms with Gasteiger partial charge in [-0.05, 0) is 48.8 Å². The summed E-state index contributed by atoms with van der Waals surface area (Å²) in [4.78, 5) is 55.4. The molecule has 2 aromatic carbocycles. The van der Waals surface area contributed by atoms with Gasteiger partial charge in [-0.2, -0.15) is 4.37 Å². The van der Waals surface area contributed by atoms with Gasteiger partial charge < -0.3 is 26.5 Å². The second kappa shape index (κ2) is 11.1. The predicted molar refractivity (Wildman–Crippen MR) is 139 cm³/mol. The van der Waals surface area contributed by atoms with Crippen molar-refractivity contribution < 1.29 is 28.3 Å². The highest BCUT2D eigenvalue weighted by Gasteiger charge is 2.37. The van der Waals surface area contributed by atoms with Gasteiger partial charge >= 0.3 is 5.97 Å². The topological polar surface area (TPSA) is 174 Å². The second-order valence-electron chi connectivity index (χ2n) is 8.00. The van der Waals surface area contributed by atoms with Gasteiger partial charge in [0, 0.05) is 28.4 Å². The zero-order valence-electron chi connectivity index (χ0n) is 20.1. The monoisotopic (exact) mass is 538 g/mol. The van der Waals surface area contributed by atoms with Crippen molar-refractivity contribution in [1.82, 2.24) is 14.7 Å². The molecule has 4 aromatic rings. The second-order valence-corrected chi connectivity index (χ2v) is 8.78. The molecule has 1 atom stereocenters. The Hall–Kier alpha value is -4.78. The number of nitrogens with two attached hydrogens (primary N) is 2. The molecule has 11 nitrogen and oxygen atoms in total. The van der Waals surface area contributed by atoms with E-state index in [1.807, 2.05) is 0 Å². The van der Waals surface area contributed by atoms with Crippen LogP contribution in [0.25, 0.3) is 10.9 Å². The molecule has 2 aromatic heterocycles. The summed E-state index contributed by atoms with van der Waals surface area (Å²) in [7, 11) is 0. The molecule has 0 aliphatic carbocycles. The number of hydrogen-bond donors (Lipinski definition) is 4. The van der Waals surface area contributed by atoms with Crippen molar-refractivity contribution in [3.63, 3.8) is 0 Å². The molecule has 0 saturated carbocycles. The van der Waals surface area contributed by atoms with E-state index in [4.69, 9.17) is 16.2 Å². The summed E-state index contributed by atoms with van der Waals surface area (Å²) in [6.07, 6.45) is 1.56. The third-order valence-corrected chi connectivity index (χ3v) is 6.46. The minimum absolute atomic E-state index is 0.119. The molecular weight excluding hydrogens is 515 g/mol. The van der Waals surface area contributed by atoms with Crippen LogP contribution in [-0.2, 0) is 14.3 Å². The number of nitrogens with one attached hydrogen (secondary N) is 2. The number of carbonyl (C=O) groups excluding carboxylic acids is 4. The number of anilines is 2. The van der Waals surface area contributed by atoms with Crippen LogP contribution >= 0.6 is 11.5 Å². The van der Waals surface area contributed by atoms with Gasteiger partial charge in [0.05, 0.1) is 12.3 Å². The number of esters is 1. The van der Waals surface area contributed by atoms with Crippen LogP contribution in [0.3, 0.4) is 0 Å². The van der Waals surface area contributed by atoms with Crippen molar-refractivity contribution in [1.29, 1.82) is 0 Å². The van der Waals surface area contributed by atoms with E-state index in [-0.39, 0.29) is 28.6 Å². The molecule has 0 saturated heterocycles. The first-order chi connectivity index (χ1) is 18.2. The Morgan fingerprint density at radius 3 is 2.53 bits per heavy atom. The number of H-pyrrole nitrogens is 1. The van der Waals surface area contributed by atoms with Gasteiger partial charge in [-0.1, -0.05) is 18.2 Å². The highest BCUT2D eigenvalue weighted by Crippen LogP contribution is 2.35. The number of primary amides is 1. The number of hydrogen-bond acceptors (Lipinski definition) is 8. The molecule has 6 N–H and O–H groups in total. The quantitative estimate of drug-likeness (QED) is 0.237. The van der Waals surface area contributed by atoms with Crippen molar-refractivity contribution in [3.8, 4) is 0 Å². The molecule has 0 spiro atoms. The number of nitrogen functional groups attached to an aromatic ring is 1. The van der Waals surface area contributed by atoms with Gasteiger partial charge in [0.15, 0.2) is 5.69 Å². The smallest absolute Gasteiger partial charge is 0.325 e. The summed E-state index contributed by atoms with van der Waals surface area (Å²) >= 11 is 0.639. The molecule has 0 aliphatic rings. The lowest BCUT2D eigenvalue weighted by atomic mass is 10.0. The molecular formula is C25H23FN6O5S. The normalized spacial score (nSPS) is 11.6. The molecule has 196 valence electrons. The van der Waals surface area contributed by atoms with Crippen LogP contribution < -0.4 is 21.7 Å². The summed E-state index contributed by atoms with van der Waals surface area (Å²) in [6, 6.07) is 10.6. The number of para-hydroxylation sites is 1. The number of nitrogens with zero attached hydrogens (tertiary/aromatic N) is 2. The molecule has 2 heterocycles. The summed E-state index contributed by atoms with van der Waals surface area (Å²) in [5, 5.41) is 3.14. The van der Waals surface area contributed by atoms with Gasteiger partial charge in [0.2, 0.25) is 5.91 Å². The van der Waals surface area contributed by atoms with Crippen molar-refractivity contribution >= 4 is 57.5 Å². The Morgan fingerprint density at radius 2 is 1.87 bits per heavy atom. The molecule has 4 rings (SSSR count). The first-order valence-electron chi connectivity index (χ1n) is 11.4. The van der Waals surface area contributed by atoms with E-state index in [1.54, 1.807) is 37.4 Å². The number of ether oxygens (including phenoxy) is 1. The first kappa shape index (κ1) is 26.3. The summed E-state index contributed by atoms with van der Waals surface area (Å²) < 4.78 is 22.6. The fourth-order valence-electron chi connectivity index (χ4n) is 3.91. The van der Waals surface area contributed by atoms with E-state index < -0.39 is 42.1 Å². The maximum Gasteiger partial charge on any atom is 0.325 e. The standard InChI is InChI=1S/C25H23FN6O5S/c1-2-37-18(33)12-30-24(35)21(16-11-29-17-6-4-3-5-15(16)17)32(14-9-7-13(26)8-10-14)25(36)22-19(27)20(23(28)34)31-38-22/h3-11,21,29H,2,12,27H2,1H3,(H2,28,34)(H,30,35). The Kier molecular flexibility index (Phi) is 7.67. The van der Waals surface area contributed by atoms with E-state index in [2.05, 4.69) is 14.7 Å². The van der Waals surface area contributed by atoms with Gasteiger partial charge in [0.25, 0.3) is 11.8 Å². The van der Waals surface area contributed by atoms with Crippen molar-refractivity contribution in [2.45, 2.75) is 13.0 Å². The largest absolute Gasteiger partial charge is 0.465 e. The highest BCUT2D eigenvalue weighted by atomic mass is 32.1. The minimum atomic E-state index is -1.36. The lowest BCUT2D eigenvalue weighted by Crippen LogP contribution is -2.45. The Labute approximate surface area is 219 Å². The summed E-state index contributed by atoms with van der Waals surface area (Å²) in [6.45, 7) is 1.29. The summed E-state index contributed by atoms with van der Waals surface area (Å²) in [5.74, 6) is -3.67. The predicted octanol–water partition coefficient (Wildman–Crippen LogP) is 2.51. The van der Waals surface area contributed by atoms with Crippen molar-refractivity contribution in [3.05, 3.63) is 76.7 Å². The van der Waals surface area contributed by atoms with E-state index >= 15 is 0 Å². The lowest BCUT2D eigenvalue weighted by molar-refractivity contribution is -0.143. The third kappa shape index (κ3) is 5.18. The van der Waals surface area contributed by atoms with E-state index in [0.29, 0.717) is 28.0 Å². The van der Waals surface area contributed by atoms with Crippen LogP contribution in [0.1, 0.15) is 38.7 Å². The number of benzene rings is 2. The minimum Gasteiger partial charge on any atom is -0.465 e. The van der Waals surface area contributed by atoms with Gasteiger partial charge in [-0.15, -0.1) is 0 Å². The SMILES string of the molecule is CCOC(=O)CNC(=O)C(c1c[nH]c2ccccc12)N(C(=O)c1snc(C(N)=O)c1N)c1ccc(F)cc1. The zero-order chi connectivity index (χ0) is 27.4. The Bertz CT molecular complexity index is 1520. The number of amides is 3.